The summed E-state index contributed by atoms with van der Waals surface area (Å²) in [6, 6.07) is 123. The zero-order chi connectivity index (χ0) is 59.2. The molecule has 0 saturated heterocycles. The second-order valence-corrected chi connectivity index (χ2v) is 24.5. The van der Waals surface area contributed by atoms with Gasteiger partial charge in [-0.1, -0.05) is 170 Å². The molecule has 14 aromatic rings. The Labute approximate surface area is 524 Å². The van der Waals surface area contributed by atoms with Crippen LogP contribution in [0.4, 0.5) is 68.2 Å². The van der Waals surface area contributed by atoms with Gasteiger partial charge in [0.2, 0.25) is 0 Å². The van der Waals surface area contributed by atoms with Crippen molar-refractivity contribution in [1.82, 2.24) is 0 Å². The molecule has 14 rings (SSSR count). The first-order valence-corrected chi connectivity index (χ1v) is 31.4. The van der Waals surface area contributed by atoms with Crippen molar-refractivity contribution >= 4 is 90.9 Å². The van der Waals surface area contributed by atoms with Crippen molar-refractivity contribution in [1.29, 1.82) is 0 Å². The van der Waals surface area contributed by atoms with Crippen molar-refractivity contribution in [2.24, 2.45) is 0 Å². The van der Waals surface area contributed by atoms with E-state index in [4.69, 9.17) is 0 Å². The second-order valence-electron chi connectivity index (χ2n) is 21.9. The second kappa shape index (κ2) is 25.1. The summed E-state index contributed by atoms with van der Waals surface area (Å²) in [5, 5.41) is 0. The van der Waals surface area contributed by atoms with E-state index in [2.05, 4.69) is 373 Å². The fourth-order valence-corrected chi connectivity index (χ4v) is 13.4. The van der Waals surface area contributed by atoms with Crippen LogP contribution in [0.25, 0.3) is 54.3 Å². The molecule has 0 aliphatic rings. The normalized spacial score (nSPS) is 11.1. The Kier molecular flexibility index (Phi) is 15.7. The third-order valence-electron chi connectivity index (χ3n) is 16.1. The van der Waals surface area contributed by atoms with E-state index in [1.807, 2.05) is 22.7 Å². The Balaban J connectivity index is 0.683. The summed E-state index contributed by atoms with van der Waals surface area (Å²) in [6.45, 7) is 4.32. The van der Waals surface area contributed by atoms with Gasteiger partial charge in [0.15, 0.2) is 0 Å². The van der Waals surface area contributed by atoms with Crippen LogP contribution < -0.4 is 19.6 Å². The van der Waals surface area contributed by atoms with E-state index in [0.29, 0.717) is 0 Å². The van der Waals surface area contributed by atoms with Crippen LogP contribution in [0.1, 0.15) is 9.75 Å². The predicted molar refractivity (Wildman–Crippen MR) is 378 cm³/mol. The van der Waals surface area contributed by atoms with Gasteiger partial charge in [0.05, 0.1) is 0 Å². The number of para-hydroxylation sites is 4. The van der Waals surface area contributed by atoms with Crippen LogP contribution in [0.15, 0.2) is 340 Å². The van der Waals surface area contributed by atoms with Crippen molar-refractivity contribution in [2.75, 3.05) is 19.6 Å². The minimum atomic E-state index is 1.08. The molecule has 12 aromatic carbocycles. The van der Waals surface area contributed by atoms with Crippen LogP contribution >= 0.6 is 22.7 Å². The maximum Gasteiger partial charge on any atom is 0.0462 e. The van der Waals surface area contributed by atoms with Crippen molar-refractivity contribution in [3.05, 3.63) is 349 Å². The SMILES string of the molecule is Cc1ccc(-c2ccc(N(c3ccccc3)c3ccc(-c4ccc(N(c5ccccc5)c5ccc(-c6ccc(N(c7ccccc7)c7ccc(-c8ccc(N(c9ccccc9)c9ccc(-c%10ccc(C)s%10)cc9)cc8)cc7)cc6)cc5)cc4)cc3)cc2)s1. The van der Waals surface area contributed by atoms with E-state index in [1.54, 1.807) is 0 Å². The van der Waals surface area contributed by atoms with Gasteiger partial charge in [-0.2, -0.15) is 0 Å². The highest BCUT2D eigenvalue weighted by Gasteiger charge is 2.19. The van der Waals surface area contributed by atoms with E-state index in [-0.39, 0.29) is 0 Å². The number of rotatable bonds is 17. The molecule has 0 radical (unpaired) electrons. The van der Waals surface area contributed by atoms with Gasteiger partial charge in [0, 0.05) is 87.8 Å². The largest absolute Gasteiger partial charge is 0.311 e. The Morgan fingerprint density at radius 3 is 0.477 bits per heavy atom. The number of benzene rings is 12. The summed E-state index contributed by atoms with van der Waals surface area (Å²) in [6.07, 6.45) is 0. The van der Waals surface area contributed by atoms with Gasteiger partial charge >= 0.3 is 0 Å². The molecule has 2 heterocycles. The number of thiophene rings is 2. The van der Waals surface area contributed by atoms with Crippen molar-refractivity contribution in [2.45, 2.75) is 13.8 Å². The number of nitrogens with zero attached hydrogens (tertiary/aromatic N) is 4. The van der Waals surface area contributed by atoms with Crippen LogP contribution in [0.2, 0.25) is 0 Å². The average Bonchev–Trinajstić information content (AvgIpc) is 2.94. The van der Waals surface area contributed by atoms with E-state index in [0.717, 1.165) is 102 Å². The summed E-state index contributed by atoms with van der Waals surface area (Å²) >= 11 is 3.66. The summed E-state index contributed by atoms with van der Waals surface area (Å²) in [4.78, 5) is 14.5. The minimum Gasteiger partial charge on any atom is -0.311 e. The molecule has 0 bridgehead atoms. The van der Waals surface area contributed by atoms with Crippen LogP contribution in [-0.2, 0) is 0 Å². The van der Waals surface area contributed by atoms with Gasteiger partial charge in [-0.25, -0.2) is 0 Å². The lowest BCUT2D eigenvalue weighted by atomic mass is 10.0. The number of anilines is 12. The van der Waals surface area contributed by atoms with Gasteiger partial charge in [-0.3, -0.25) is 0 Å². The lowest BCUT2D eigenvalue weighted by molar-refractivity contribution is 1.28. The summed E-state index contributed by atoms with van der Waals surface area (Å²) in [5.41, 5.74) is 22.6. The molecular formula is C82H62N4S2. The zero-order valence-electron chi connectivity index (χ0n) is 48.9. The zero-order valence-corrected chi connectivity index (χ0v) is 50.6. The molecule has 0 N–H and O–H groups in total. The van der Waals surface area contributed by atoms with Crippen molar-refractivity contribution < 1.29 is 0 Å². The number of hydrogen-bond acceptors (Lipinski definition) is 6. The lowest BCUT2D eigenvalue weighted by Crippen LogP contribution is -2.10. The van der Waals surface area contributed by atoms with Crippen molar-refractivity contribution in [3.8, 4) is 54.3 Å². The summed E-state index contributed by atoms with van der Waals surface area (Å²) in [7, 11) is 0. The molecule has 0 aliphatic carbocycles. The molecule has 422 valence electrons. The molecule has 4 nitrogen and oxygen atoms in total. The first-order valence-electron chi connectivity index (χ1n) is 29.8. The Hall–Kier alpha value is -10.8. The first-order chi connectivity index (χ1) is 43.4. The third kappa shape index (κ3) is 11.8. The van der Waals surface area contributed by atoms with Gasteiger partial charge < -0.3 is 19.6 Å². The van der Waals surface area contributed by atoms with E-state index in [9.17, 15) is 0 Å². The first kappa shape index (κ1) is 55.1. The van der Waals surface area contributed by atoms with Gasteiger partial charge in [-0.15, -0.1) is 22.7 Å². The highest BCUT2D eigenvalue weighted by Crippen LogP contribution is 2.43. The van der Waals surface area contributed by atoms with Crippen LogP contribution in [0.3, 0.4) is 0 Å². The average molecular weight is 1170 g/mol. The van der Waals surface area contributed by atoms with Gasteiger partial charge in [0.25, 0.3) is 0 Å². The fraction of sp³-hybridized carbons (Fsp3) is 0.0244. The summed E-state index contributed by atoms with van der Waals surface area (Å²) < 4.78 is 0. The summed E-state index contributed by atoms with van der Waals surface area (Å²) in [5.74, 6) is 0. The van der Waals surface area contributed by atoms with Gasteiger partial charge in [0.1, 0.15) is 0 Å². The molecule has 0 spiro atoms. The van der Waals surface area contributed by atoms with E-state index >= 15 is 0 Å². The quantitative estimate of drug-likeness (QED) is 0.0901. The number of aryl methyl sites for hydroxylation is 2. The molecule has 88 heavy (non-hydrogen) atoms. The third-order valence-corrected chi connectivity index (χ3v) is 18.2. The topological polar surface area (TPSA) is 13.0 Å². The molecule has 0 fully saturated rings. The van der Waals surface area contributed by atoms with Gasteiger partial charge in [-0.05, 0) is 228 Å². The molecule has 0 aliphatic heterocycles. The number of hydrogen-bond donors (Lipinski definition) is 0. The molecule has 0 saturated carbocycles. The molecule has 0 atom stereocenters. The Bertz CT molecular complexity index is 4250. The minimum absolute atomic E-state index is 1.08. The smallest absolute Gasteiger partial charge is 0.0462 e. The highest BCUT2D eigenvalue weighted by atomic mass is 32.1. The standard InChI is InChI=1S/C82H62N4S2/c1-59-23-57-81(87-59)67-37-53-79(54-38-67)85(71-19-11-5-12-20-71)77-49-33-65(34-50-77)63-29-45-75(46-30-63)83(69-15-7-3-8-16-69)73-41-25-61(26-42-73)62-27-43-74(44-28-62)84(70-17-9-4-10-18-70)76-47-31-64(32-48-76)66-35-51-78(52-36-66)86(72-21-13-6-14-22-72)80-55-39-68(40-56-80)82-58-24-60(2)88-82/h3-58H,1-2H3. The lowest BCUT2D eigenvalue weighted by Gasteiger charge is -2.27. The fourth-order valence-electron chi connectivity index (χ4n) is 11.6. The van der Waals surface area contributed by atoms with E-state index < -0.39 is 0 Å². The molecule has 0 amide bonds. The molecular weight excluding hydrogens is 1110 g/mol. The maximum atomic E-state index is 2.33. The Morgan fingerprint density at radius 2 is 0.318 bits per heavy atom. The van der Waals surface area contributed by atoms with Crippen LogP contribution in [-0.4, -0.2) is 0 Å². The van der Waals surface area contributed by atoms with Crippen LogP contribution in [0.5, 0.6) is 0 Å². The predicted octanol–water partition coefficient (Wildman–Crippen LogP) is 24.6. The highest BCUT2D eigenvalue weighted by molar-refractivity contribution is 7.15. The van der Waals surface area contributed by atoms with Crippen molar-refractivity contribution in [3.63, 3.8) is 0 Å². The Morgan fingerprint density at radius 1 is 0.159 bits per heavy atom. The van der Waals surface area contributed by atoms with E-state index in [1.165, 1.54) is 30.6 Å². The van der Waals surface area contributed by atoms with Crippen LogP contribution in [0, 0.1) is 13.8 Å². The molecule has 2 aromatic heterocycles. The monoisotopic (exact) mass is 1170 g/mol. The maximum absolute atomic E-state index is 2.33. The molecule has 6 heteroatoms. The molecule has 0 unspecified atom stereocenters.